The molecule has 2 aromatic rings. The second-order valence-electron chi connectivity index (χ2n) is 7.47. The molecule has 0 radical (unpaired) electrons. The monoisotopic (exact) mass is 340 g/mol. The van der Waals surface area contributed by atoms with Crippen molar-refractivity contribution >= 4 is 17.3 Å². The third-order valence-corrected chi connectivity index (χ3v) is 4.05. The maximum atomic E-state index is 12.3. The van der Waals surface area contributed by atoms with Crippen molar-refractivity contribution in [1.29, 1.82) is 0 Å². The van der Waals surface area contributed by atoms with Gasteiger partial charge in [0.15, 0.2) is 6.10 Å². The van der Waals surface area contributed by atoms with Crippen molar-refractivity contribution in [3.8, 4) is 5.75 Å². The minimum atomic E-state index is -0.575. The largest absolute Gasteiger partial charge is 0.481 e. The van der Waals surface area contributed by atoms with E-state index in [1.807, 2.05) is 67.5 Å². The molecule has 0 fully saturated rings. The third-order valence-electron chi connectivity index (χ3n) is 4.05. The normalized spacial score (nSPS) is 12.4. The average Bonchev–Trinajstić information content (AvgIpc) is 2.55. The number of hydrogen-bond acceptors (Lipinski definition) is 3. The van der Waals surface area contributed by atoms with E-state index in [0.717, 1.165) is 11.4 Å². The molecule has 4 heteroatoms. The number of nitrogens with one attached hydrogen (secondary N) is 1. The molecule has 4 nitrogen and oxygen atoms in total. The highest BCUT2D eigenvalue weighted by molar-refractivity contribution is 5.94. The molecule has 0 spiro atoms. The molecule has 0 heterocycles. The predicted molar refractivity (Wildman–Crippen MR) is 105 cm³/mol. The van der Waals surface area contributed by atoms with E-state index in [1.54, 1.807) is 6.92 Å². The van der Waals surface area contributed by atoms with E-state index >= 15 is 0 Å². The molecule has 0 saturated carbocycles. The Morgan fingerprint density at radius 1 is 1.00 bits per heavy atom. The average molecular weight is 340 g/mol. The van der Waals surface area contributed by atoms with Crippen molar-refractivity contribution in [3.63, 3.8) is 0 Å². The van der Waals surface area contributed by atoms with Crippen LogP contribution in [0.4, 0.5) is 11.4 Å². The quantitative estimate of drug-likeness (QED) is 0.874. The first-order valence-corrected chi connectivity index (χ1v) is 8.52. The number of carbonyl (C=O) groups is 1. The van der Waals surface area contributed by atoms with Crippen LogP contribution < -0.4 is 15.0 Å². The van der Waals surface area contributed by atoms with Gasteiger partial charge in [-0.15, -0.1) is 0 Å². The van der Waals surface area contributed by atoms with Gasteiger partial charge in [0, 0.05) is 25.5 Å². The van der Waals surface area contributed by atoms with Crippen molar-refractivity contribution in [2.24, 2.45) is 0 Å². The molecule has 0 aliphatic rings. The Bertz CT molecular complexity index is 698. The Kier molecular flexibility index (Phi) is 5.73. The summed E-state index contributed by atoms with van der Waals surface area (Å²) in [6, 6.07) is 15.6. The molecule has 0 aliphatic heterocycles. The van der Waals surface area contributed by atoms with E-state index in [0.29, 0.717) is 5.75 Å². The Morgan fingerprint density at radius 3 is 2.04 bits per heavy atom. The Morgan fingerprint density at radius 2 is 1.56 bits per heavy atom. The molecule has 2 rings (SSSR count). The van der Waals surface area contributed by atoms with Gasteiger partial charge in [0.2, 0.25) is 0 Å². The summed E-state index contributed by atoms with van der Waals surface area (Å²) in [6.07, 6.45) is -0.575. The summed E-state index contributed by atoms with van der Waals surface area (Å²) in [5.74, 6) is 0.524. The van der Waals surface area contributed by atoms with Gasteiger partial charge in [-0.05, 0) is 54.3 Å². The van der Waals surface area contributed by atoms with Gasteiger partial charge in [-0.25, -0.2) is 0 Å². The standard InChI is InChI=1S/C21H28N2O2/c1-15(25-19-13-7-16(8-14-19)21(2,3)4)20(24)22-17-9-11-18(12-10-17)23(5)6/h7-15H,1-6H3,(H,22,24)/t15-/m1/s1. The van der Waals surface area contributed by atoms with Crippen LogP contribution in [0.1, 0.15) is 33.3 Å². The second kappa shape index (κ2) is 7.60. The van der Waals surface area contributed by atoms with Crippen LogP contribution >= 0.6 is 0 Å². The van der Waals surface area contributed by atoms with Crippen LogP contribution in [0.3, 0.4) is 0 Å². The topological polar surface area (TPSA) is 41.6 Å². The van der Waals surface area contributed by atoms with Crippen LogP contribution in [0.5, 0.6) is 5.75 Å². The molecule has 0 aliphatic carbocycles. The molecule has 0 bridgehead atoms. The van der Waals surface area contributed by atoms with E-state index in [2.05, 4.69) is 26.1 Å². The van der Waals surface area contributed by atoms with Crippen molar-refractivity contribution < 1.29 is 9.53 Å². The molecule has 2 aromatic carbocycles. The maximum Gasteiger partial charge on any atom is 0.265 e. The number of carbonyl (C=O) groups excluding carboxylic acids is 1. The molecule has 0 aromatic heterocycles. The number of benzene rings is 2. The molecule has 1 N–H and O–H groups in total. The fourth-order valence-electron chi connectivity index (χ4n) is 2.38. The van der Waals surface area contributed by atoms with Gasteiger partial charge in [0.25, 0.3) is 5.91 Å². The fourth-order valence-corrected chi connectivity index (χ4v) is 2.38. The zero-order valence-corrected chi connectivity index (χ0v) is 16.0. The minimum Gasteiger partial charge on any atom is -0.481 e. The lowest BCUT2D eigenvalue weighted by molar-refractivity contribution is -0.122. The van der Waals surface area contributed by atoms with Gasteiger partial charge in [-0.1, -0.05) is 32.9 Å². The summed E-state index contributed by atoms with van der Waals surface area (Å²) in [5.41, 5.74) is 3.17. The minimum absolute atomic E-state index is 0.0975. The van der Waals surface area contributed by atoms with Crippen molar-refractivity contribution in [2.75, 3.05) is 24.3 Å². The highest BCUT2D eigenvalue weighted by Gasteiger charge is 2.16. The van der Waals surface area contributed by atoms with Crippen LogP contribution in [-0.4, -0.2) is 26.1 Å². The van der Waals surface area contributed by atoms with Crippen LogP contribution in [0.2, 0.25) is 0 Å². The van der Waals surface area contributed by atoms with Gasteiger partial charge >= 0.3 is 0 Å². The highest BCUT2D eigenvalue weighted by Crippen LogP contribution is 2.24. The van der Waals surface area contributed by atoms with E-state index in [4.69, 9.17) is 4.74 Å². The summed E-state index contributed by atoms with van der Waals surface area (Å²) >= 11 is 0. The predicted octanol–water partition coefficient (Wildman–Crippen LogP) is 4.46. The summed E-state index contributed by atoms with van der Waals surface area (Å²) in [4.78, 5) is 14.3. The fraction of sp³-hybridized carbons (Fsp3) is 0.381. The van der Waals surface area contributed by atoms with Crippen molar-refractivity contribution in [1.82, 2.24) is 0 Å². The van der Waals surface area contributed by atoms with E-state index < -0.39 is 6.10 Å². The third kappa shape index (κ3) is 5.24. The summed E-state index contributed by atoms with van der Waals surface area (Å²) < 4.78 is 5.76. The summed E-state index contributed by atoms with van der Waals surface area (Å²) in [7, 11) is 3.96. The van der Waals surface area contributed by atoms with Crippen molar-refractivity contribution in [2.45, 2.75) is 39.2 Å². The van der Waals surface area contributed by atoms with E-state index in [9.17, 15) is 4.79 Å². The molecular weight excluding hydrogens is 312 g/mol. The van der Waals surface area contributed by atoms with Gasteiger partial charge in [-0.2, -0.15) is 0 Å². The highest BCUT2D eigenvalue weighted by atomic mass is 16.5. The van der Waals surface area contributed by atoms with Gasteiger partial charge in [0.1, 0.15) is 5.75 Å². The lowest BCUT2D eigenvalue weighted by Gasteiger charge is -2.20. The first-order valence-electron chi connectivity index (χ1n) is 8.52. The van der Waals surface area contributed by atoms with Gasteiger partial charge in [0.05, 0.1) is 0 Å². The maximum absolute atomic E-state index is 12.3. The SMILES string of the molecule is C[C@@H](Oc1ccc(C(C)(C)C)cc1)C(=O)Nc1ccc(N(C)C)cc1. The molecule has 25 heavy (non-hydrogen) atoms. The number of hydrogen-bond donors (Lipinski definition) is 1. The molecule has 0 saturated heterocycles. The lowest BCUT2D eigenvalue weighted by atomic mass is 9.87. The van der Waals surface area contributed by atoms with Gasteiger partial charge < -0.3 is 15.0 Å². The number of anilines is 2. The molecular formula is C21H28N2O2. The Labute approximate surface area is 150 Å². The lowest BCUT2D eigenvalue weighted by Crippen LogP contribution is -2.30. The van der Waals surface area contributed by atoms with E-state index in [-0.39, 0.29) is 11.3 Å². The molecule has 1 atom stereocenters. The van der Waals surface area contributed by atoms with E-state index in [1.165, 1.54) is 5.56 Å². The number of nitrogens with zero attached hydrogens (tertiary/aromatic N) is 1. The molecule has 134 valence electrons. The summed E-state index contributed by atoms with van der Waals surface area (Å²) in [5, 5.41) is 2.88. The zero-order valence-electron chi connectivity index (χ0n) is 16.0. The smallest absolute Gasteiger partial charge is 0.265 e. The number of rotatable bonds is 5. The number of amides is 1. The van der Waals surface area contributed by atoms with Crippen LogP contribution in [0.15, 0.2) is 48.5 Å². The zero-order chi connectivity index (χ0) is 18.6. The van der Waals surface area contributed by atoms with Gasteiger partial charge in [-0.3, -0.25) is 4.79 Å². The summed E-state index contributed by atoms with van der Waals surface area (Å²) in [6.45, 7) is 8.25. The number of ether oxygens (including phenoxy) is 1. The second-order valence-corrected chi connectivity index (χ2v) is 7.47. The van der Waals surface area contributed by atoms with Crippen LogP contribution in [-0.2, 0) is 10.2 Å². The first kappa shape index (κ1) is 18.8. The molecule has 0 unspecified atom stereocenters. The van der Waals surface area contributed by atoms with Crippen LogP contribution in [0.25, 0.3) is 0 Å². The first-order chi connectivity index (χ1) is 11.7. The van der Waals surface area contributed by atoms with Crippen LogP contribution in [0, 0.1) is 0 Å². The van der Waals surface area contributed by atoms with Crippen molar-refractivity contribution in [3.05, 3.63) is 54.1 Å². The Balaban J connectivity index is 1.95. The Hall–Kier alpha value is -2.49. The molecule has 1 amide bonds.